The van der Waals surface area contributed by atoms with Crippen molar-refractivity contribution in [2.45, 2.75) is 25.7 Å². The Hall–Kier alpha value is -1.37. The zero-order chi connectivity index (χ0) is 10.6. The van der Waals surface area contributed by atoms with Gasteiger partial charge in [0.15, 0.2) is 0 Å². The zero-order valence-electron chi connectivity index (χ0n) is 8.16. The quantitative estimate of drug-likeness (QED) is 0.463. The molecular formula is C10H13NO3. The Kier molecular flexibility index (Phi) is 3.63. The highest BCUT2D eigenvalue weighted by Crippen LogP contribution is 2.27. The van der Waals surface area contributed by atoms with E-state index in [1.165, 1.54) is 7.11 Å². The SMILES string of the molecule is COC(=O)C1CCCC(=O)CC1C#N. The molecule has 2 unspecified atom stereocenters. The van der Waals surface area contributed by atoms with Crippen LogP contribution < -0.4 is 0 Å². The molecule has 1 rings (SSSR count). The predicted octanol–water partition coefficient (Wildman–Crippen LogP) is 1.06. The van der Waals surface area contributed by atoms with Crippen molar-refractivity contribution in [1.82, 2.24) is 0 Å². The van der Waals surface area contributed by atoms with Gasteiger partial charge < -0.3 is 4.74 Å². The first-order valence-electron chi connectivity index (χ1n) is 4.68. The number of Topliss-reactive ketones (excluding diaryl/α,β-unsaturated/α-hetero) is 1. The number of hydrogen-bond acceptors (Lipinski definition) is 4. The molecule has 0 aromatic carbocycles. The van der Waals surface area contributed by atoms with Gasteiger partial charge in [0.2, 0.25) is 0 Å². The molecule has 14 heavy (non-hydrogen) atoms. The number of nitrogens with zero attached hydrogens (tertiary/aromatic N) is 1. The third-order valence-electron chi connectivity index (χ3n) is 2.57. The van der Waals surface area contributed by atoms with E-state index in [0.29, 0.717) is 19.3 Å². The largest absolute Gasteiger partial charge is 0.469 e. The second-order valence-electron chi connectivity index (χ2n) is 3.50. The third kappa shape index (κ3) is 2.32. The Morgan fingerprint density at radius 3 is 2.93 bits per heavy atom. The number of carbonyl (C=O) groups excluding carboxylic acids is 2. The van der Waals surface area contributed by atoms with E-state index in [0.717, 1.165) is 0 Å². The van der Waals surface area contributed by atoms with Crippen molar-refractivity contribution in [2.24, 2.45) is 11.8 Å². The molecule has 0 radical (unpaired) electrons. The minimum Gasteiger partial charge on any atom is -0.469 e. The topological polar surface area (TPSA) is 67.2 Å². The molecule has 0 bridgehead atoms. The molecule has 1 fully saturated rings. The van der Waals surface area contributed by atoms with E-state index in [-0.39, 0.29) is 18.2 Å². The number of hydrogen-bond donors (Lipinski definition) is 0. The van der Waals surface area contributed by atoms with Crippen LogP contribution in [0.3, 0.4) is 0 Å². The van der Waals surface area contributed by atoms with Gasteiger partial charge in [-0.3, -0.25) is 9.59 Å². The van der Waals surface area contributed by atoms with Gasteiger partial charge >= 0.3 is 5.97 Å². The molecule has 0 spiro atoms. The van der Waals surface area contributed by atoms with Gasteiger partial charge in [-0.25, -0.2) is 0 Å². The first-order valence-corrected chi connectivity index (χ1v) is 4.68. The molecule has 0 aliphatic heterocycles. The van der Waals surface area contributed by atoms with Gasteiger partial charge in [-0.05, 0) is 12.8 Å². The number of nitriles is 1. The minimum absolute atomic E-state index is 0.0722. The molecule has 1 aliphatic carbocycles. The molecule has 1 saturated carbocycles. The summed E-state index contributed by atoms with van der Waals surface area (Å²) in [6.07, 6.45) is 1.93. The summed E-state index contributed by atoms with van der Waals surface area (Å²) >= 11 is 0. The van der Waals surface area contributed by atoms with Crippen LogP contribution in [0.1, 0.15) is 25.7 Å². The third-order valence-corrected chi connectivity index (χ3v) is 2.57. The summed E-state index contributed by atoms with van der Waals surface area (Å²) in [5, 5.41) is 8.84. The van der Waals surface area contributed by atoms with Crippen LogP contribution in [0, 0.1) is 23.2 Å². The van der Waals surface area contributed by atoms with Crippen LogP contribution in [-0.2, 0) is 14.3 Å². The average Bonchev–Trinajstić information content (AvgIpc) is 2.38. The molecular weight excluding hydrogens is 182 g/mol. The predicted molar refractivity (Wildman–Crippen MR) is 48.1 cm³/mol. The van der Waals surface area contributed by atoms with E-state index < -0.39 is 11.8 Å². The maximum Gasteiger partial charge on any atom is 0.310 e. The fourth-order valence-corrected chi connectivity index (χ4v) is 1.78. The number of methoxy groups -OCH3 is 1. The van der Waals surface area contributed by atoms with E-state index in [4.69, 9.17) is 5.26 Å². The van der Waals surface area contributed by atoms with Crippen molar-refractivity contribution in [3.05, 3.63) is 0 Å². The van der Waals surface area contributed by atoms with Crippen LogP contribution in [0.15, 0.2) is 0 Å². The summed E-state index contributed by atoms with van der Waals surface area (Å²) in [5.74, 6) is -1.22. The van der Waals surface area contributed by atoms with Crippen molar-refractivity contribution in [1.29, 1.82) is 5.26 Å². The molecule has 0 amide bonds. The van der Waals surface area contributed by atoms with Gasteiger partial charge in [-0.1, -0.05) is 0 Å². The monoisotopic (exact) mass is 195 g/mol. The lowest BCUT2D eigenvalue weighted by Gasteiger charge is -2.15. The van der Waals surface area contributed by atoms with Gasteiger partial charge in [-0.15, -0.1) is 0 Å². The first kappa shape index (κ1) is 10.7. The Morgan fingerprint density at radius 1 is 1.64 bits per heavy atom. The van der Waals surface area contributed by atoms with E-state index in [2.05, 4.69) is 4.74 Å². The maximum atomic E-state index is 11.3. The molecule has 2 atom stereocenters. The van der Waals surface area contributed by atoms with Crippen molar-refractivity contribution in [3.8, 4) is 6.07 Å². The van der Waals surface area contributed by atoms with Crippen LogP contribution >= 0.6 is 0 Å². The van der Waals surface area contributed by atoms with Crippen molar-refractivity contribution in [2.75, 3.05) is 7.11 Å². The Bertz CT molecular complexity index is 280. The van der Waals surface area contributed by atoms with Gasteiger partial charge in [0.05, 0.1) is 25.0 Å². The normalized spacial score (nSPS) is 27.6. The van der Waals surface area contributed by atoms with E-state index in [9.17, 15) is 9.59 Å². The number of esters is 1. The molecule has 4 heteroatoms. The number of ketones is 1. The van der Waals surface area contributed by atoms with Crippen LogP contribution in [0.5, 0.6) is 0 Å². The average molecular weight is 195 g/mol. The fraction of sp³-hybridized carbons (Fsp3) is 0.700. The molecule has 0 heterocycles. The van der Waals surface area contributed by atoms with Gasteiger partial charge in [-0.2, -0.15) is 5.26 Å². The highest BCUT2D eigenvalue weighted by Gasteiger charge is 2.32. The Morgan fingerprint density at radius 2 is 2.36 bits per heavy atom. The van der Waals surface area contributed by atoms with Crippen molar-refractivity contribution < 1.29 is 14.3 Å². The zero-order valence-corrected chi connectivity index (χ0v) is 8.16. The highest BCUT2D eigenvalue weighted by molar-refractivity contribution is 5.81. The second kappa shape index (κ2) is 4.75. The summed E-state index contributed by atoms with van der Waals surface area (Å²) in [6, 6.07) is 2.02. The molecule has 0 aromatic heterocycles. The summed E-state index contributed by atoms with van der Waals surface area (Å²) in [7, 11) is 1.31. The fourth-order valence-electron chi connectivity index (χ4n) is 1.78. The molecule has 1 aliphatic rings. The lowest BCUT2D eigenvalue weighted by Crippen LogP contribution is -2.24. The molecule has 4 nitrogen and oxygen atoms in total. The summed E-state index contributed by atoms with van der Waals surface area (Å²) < 4.78 is 4.61. The standard InChI is InChI=1S/C10H13NO3/c1-14-10(13)9-4-2-3-8(12)5-7(9)6-11/h7,9H,2-5H2,1H3. The maximum absolute atomic E-state index is 11.3. The Labute approximate surface area is 82.8 Å². The van der Waals surface area contributed by atoms with Crippen LogP contribution in [0.25, 0.3) is 0 Å². The molecule has 0 saturated heterocycles. The lowest BCUT2D eigenvalue weighted by molar-refractivity contribution is -0.146. The lowest BCUT2D eigenvalue weighted by atomic mass is 9.89. The second-order valence-corrected chi connectivity index (χ2v) is 3.50. The van der Waals surface area contributed by atoms with Gasteiger partial charge in [0, 0.05) is 12.8 Å². The van der Waals surface area contributed by atoms with Gasteiger partial charge in [0.1, 0.15) is 5.78 Å². The molecule has 0 aromatic rings. The van der Waals surface area contributed by atoms with E-state index >= 15 is 0 Å². The van der Waals surface area contributed by atoms with Crippen LogP contribution in [-0.4, -0.2) is 18.9 Å². The van der Waals surface area contributed by atoms with E-state index in [1.54, 1.807) is 0 Å². The Balaban J connectivity index is 2.76. The highest BCUT2D eigenvalue weighted by atomic mass is 16.5. The number of rotatable bonds is 1. The van der Waals surface area contributed by atoms with E-state index in [1.807, 2.05) is 6.07 Å². The van der Waals surface area contributed by atoms with Crippen LogP contribution in [0.4, 0.5) is 0 Å². The summed E-state index contributed by atoms with van der Waals surface area (Å²) in [5.41, 5.74) is 0. The molecule has 0 N–H and O–H groups in total. The summed E-state index contributed by atoms with van der Waals surface area (Å²) in [6.45, 7) is 0. The first-order chi connectivity index (χ1) is 6.69. The smallest absolute Gasteiger partial charge is 0.310 e. The number of ether oxygens (including phenoxy) is 1. The van der Waals surface area contributed by atoms with Crippen molar-refractivity contribution in [3.63, 3.8) is 0 Å². The van der Waals surface area contributed by atoms with Crippen molar-refractivity contribution >= 4 is 11.8 Å². The molecule has 76 valence electrons. The summed E-state index contributed by atoms with van der Waals surface area (Å²) in [4.78, 5) is 22.5. The van der Waals surface area contributed by atoms with Gasteiger partial charge in [0.25, 0.3) is 0 Å². The van der Waals surface area contributed by atoms with Crippen LogP contribution in [0.2, 0.25) is 0 Å². The number of carbonyl (C=O) groups is 2. The minimum atomic E-state index is -0.502.